The summed E-state index contributed by atoms with van der Waals surface area (Å²) in [5.74, 6) is -0.0264. The zero-order chi connectivity index (χ0) is 14.2. The maximum absolute atomic E-state index is 12.0. The van der Waals surface area contributed by atoms with E-state index in [0.29, 0.717) is 12.6 Å². The first kappa shape index (κ1) is 14.1. The zero-order valence-electron chi connectivity index (χ0n) is 11.7. The maximum atomic E-state index is 12.0. The molecule has 20 heavy (non-hydrogen) atoms. The fourth-order valence-electron chi connectivity index (χ4n) is 3.00. The Hall–Kier alpha value is -0.870. The summed E-state index contributed by atoms with van der Waals surface area (Å²) in [5, 5.41) is 3.58. The number of fused-ring (bicyclic) bond motifs is 1. The van der Waals surface area contributed by atoms with Gasteiger partial charge in [-0.3, -0.25) is 4.79 Å². The van der Waals surface area contributed by atoms with E-state index < -0.39 is 0 Å². The quantitative estimate of drug-likeness (QED) is 0.837. The lowest BCUT2D eigenvalue weighted by Gasteiger charge is -2.19. The second-order valence-corrected chi connectivity index (χ2v) is 6.73. The molecule has 1 atom stereocenters. The highest BCUT2D eigenvalue weighted by Gasteiger charge is 2.51. The molecule has 0 amide bonds. The van der Waals surface area contributed by atoms with Crippen molar-refractivity contribution >= 4 is 21.9 Å². The normalized spacial score (nSPS) is 22.4. The van der Waals surface area contributed by atoms with Crippen LogP contribution in [0.25, 0.3) is 0 Å². The van der Waals surface area contributed by atoms with Crippen molar-refractivity contribution in [2.75, 3.05) is 13.2 Å². The molecule has 3 rings (SSSR count). The lowest BCUT2D eigenvalue weighted by molar-refractivity contribution is -0.149. The van der Waals surface area contributed by atoms with E-state index in [2.05, 4.69) is 39.4 Å². The van der Waals surface area contributed by atoms with Gasteiger partial charge in [-0.1, -0.05) is 22.0 Å². The number of hydrogen-bond acceptors (Lipinski definition) is 3. The number of ether oxygens (including phenoxy) is 1. The molecular formula is C16H20BrNO2. The summed E-state index contributed by atoms with van der Waals surface area (Å²) >= 11 is 3.52. The SMILES string of the molecule is CCOC(=O)C1(CNC2CCc3cc(Br)ccc32)CC1. The molecule has 1 aromatic carbocycles. The summed E-state index contributed by atoms with van der Waals surface area (Å²) in [6.07, 6.45) is 4.14. The van der Waals surface area contributed by atoms with E-state index in [4.69, 9.17) is 4.74 Å². The molecule has 0 heterocycles. The largest absolute Gasteiger partial charge is 0.466 e. The molecule has 1 saturated carbocycles. The van der Waals surface area contributed by atoms with E-state index in [0.717, 1.165) is 36.7 Å². The lowest BCUT2D eigenvalue weighted by atomic mass is 10.0. The van der Waals surface area contributed by atoms with Gasteiger partial charge in [-0.25, -0.2) is 0 Å². The minimum Gasteiger partial charge on any atom is -0.466 e. The van der Waals surface area contributed by atoms with Gasteiger partial charge >= 0.3 is 5.97 Å². The highest BCUT2D eigenvalue weighted by atomic mass is 79.9. The van der Waals surface area contributed by atoms with Crippen molar-refractivity contribution in [1.82, 2.24) is 5.32 Å². The Morgan fingerprint density at radius 1 is 1.50 bits per heavy atom. The van der Waals surface area contributed by atoms with Gasteiger partial charge in [-0.15, -0.1) is 0 Å². The van der Waals surface area contributed by atoms with Crippen LogP contribution < -0.4 is 5.32 Å². The van der Waals surface area contributed by atoms with Crippen LogP contribution >= 0.6 is 15.9 Å². The summed E-state index contributed by atoms with van der Waals surface area (Å²) in [4.78, 5) is 12.0. The summed E-state index contributed by atoms with van der Waals surface area (Å²) in [7, 11) is 0. The molecule has 1 N–H and O–H groups in total. The molecule has 1 fully saturated rings. The van der Waals surface area contributed by atoms with E-state index in [-0.39, 0.29) is 11.4 Å². The average Bonchev–Trinajstić information content (AvgIpc) is 3.12. The fraction of sp³-hybridized carbons (Fsp3) is 0.562. The highest BCUT2D eigenvalue weighted by molar-refractivity contribution is 9.10. The van der Waals surface area contributed by atoms with Gasteiger partial charge in [-0.05, 0) is 55.9 Å². The zero-order valence-corrected chi connectivity index (χ0v) is 13.3. The summed E-state index contributed by atoms with van der Waals surface area (Å²) in [6, 6.07) is 6.87. The minimum atomic E-state index is -0.242. The van der Waals surface area contributed by atoms with Crippen molar-refractivity contribution in [3.63, 3.8) is 0 Å². The predicted molar refractivity (Wildman–Crippen MR) is 81.5 cm³/mol. The van der Waals surface area contributed by atoms with Crippen molar-refractivity contribution in [1.29, 1.82) is 0 Å². The monoisotopic (exact) mass is 337 g/mol. The number of rotatable bonds is 5. The minimum absolute atomic E-state index is 0.0264. The van der Waals surface area contributed by atoms with Crippen LogP contribution in [-0.4, -0.2) is 19.1 Å². The number of benzene rings is 1. The molecule has 0 saturated heterocycles. The Labute approximate surface area is 128 Å². The lowest BCUT2D eigenvalue weighted by Crippen LogP contribution is -2.33. The van der Waals surface area contributed by atoms with E-state index in [9.17, 15) is 4.79 Å². The van der Waals surface area contributed by atoms with Crippen LogP contribution in [0.4, 0.5) is 0 Å². The highest BCUT2D eigenvalue weighted by Crippen LogP contribution is 2.47. The second-order valence-electron chi connectivity index (χ2n) is 5.82. The van der Waals surface area contributed by atoms with E-state index in [1.807, 2.05) is 6.92 Å². The molecule has 108 valence electrons. The van der Waals surface area contributed by atoms with Crippen molar-refractivity contribution in [2.24, 2.45) is 5.41 Å². The molecular weight excluding hydrogens is 318 g/mol. The van der Waals surface area contributed by atoms with Crippen LogP contribution in [-0.2, 0) is 16.0 Å². The third-order valence-corrected chi connectivity index (χ3v) is 4.92. The van der Waals surface area contributed by atoms with Crippen molar-refractivity contribution < 1.29 is 9.53 Å². The molecule has 1 aromatic rings. The molecule has 0 aromatic heterocycles. The van der Waals surface area contributed by atoms with E-state index in [1.54, 1.807) is 0 Å². The Morgan fingerprint density at radius 2 is 2.30 bits per heavy atom. The van der Waals surface area contributed by atoms with Gasteiger partial charge in [0.05, 0.1) is 12.0 Å². The van der Waals surface area contributed by atoms with Gasteiger partial charge in [0.15, 0.2) is 0 Å². The number of carbonyl (C=O) groups excluding carboxylic acids is 1. The first-order valence-electron chi connectivity index (χ1n) is 7.33. The molecule has 2 aliphatic carbocycles. The van der Waals surface area contributed by atoms with Gasteiger partial charge < -0.3 is 10.1 Å². The van der Waals surface area contributed by atoms with Crippen molar-refractivity contribution in [3.05, 3.63) is 33.8 Å². The summed E-state index contributed by atoms with van der Waals surface area (Å²) in [5.41, 5.74) is 2.56. The Kier molecular flexibility index (Phi) is 3.87. The van der Waals surface area contributed by atoms with Gasteiger partial charge in [0, 0.05) is 17.1 Å². The van der Waals surface area contributed by atoms with Gasteiger partial charge in [0.25, 0.3) is 0 Å². The molecule has 0 spiro atoms. The number of carbonyl (C=O) groups is 1. The number of halogens is 1. The van der Waals surface area contributed by atoms with Crippen LogP contribution in [0.3, 0.4) is 0 Å². The van der Waals surface area contributed by atoms with Gasteiger partial charge in [-0.2, -0.15) is 0 Å². The number of hydrogen-bond donors (Lipinski definition) is 1. The van der Waals surface area contributed by atoms with Crippen LogP contribution in [0.2, 0.25) is 0 Å². The maximum Gasteiger partial charge on any atom is 0.313 e. The third-order valence-electron chi connectivity index (χ3n) is 4.43. The Balaban J connectivity index is 1.62. The van der Waals surface area contributed by atoms with E-state index in [1.165, 1.54) is 11.1 Å². The Bertz CT molecular complexity index is 525. The van der Waals surface area contributed by atoms with Gasteiger partial charge in [0.1, 0.15) is 0 Å². The van der Waals surface area contributed by atoms with Gasteiger partial charge in [0.2, 0.25) is 0 Å². The smallest absolute Gasteiger partial charge is 0.313 e. The molecule has 3 nitrogen and oxygen atoms in total. The van der Waals surface area contributed by atoms with Crippen LogP contribution in [0.15, 0.2) is 22.7 Å². The van der Waals surface area contributed by atoms with Crippen molar-refractivity contribution in [2.45, 2.75) is 38.6 Å². The van der Waals surface area contributed by atoms with Crippen LogP contribution in [0.1, 0.15) is 43.4 Å². The van der Waals surface area contributed by atoms with Crippen LogP contribution in [0.5, 0.6) is 0 Å². The third kappa shape index (κ3) is 2.63. The van der Waals surface area contributed by atoms with E-state index >= 15 is 0 Å². The number of esters is 1. The average molecular weight is 338 g/mol. The summed E-state index contributed by atoms with van der Waals surface area (Å²) in [6.45, 7) is 3.08. The van der Waals surface area contributed by atoms with Crippen LogP contribution in [0, 0.1) is 5.41 Å². The molecule has 4 heteroatoms. The molecule has 2 aliphatic rings. The standard InChI is InChI=1S/C16H20BrNO2/c1-2-20-15(19)16(7-8-16)10-18-14-6-3-11-9-12(17)4-5-13(11)14/h4-5,9,14,18H,2-3,6-8,10H2,1H3. The van der Waals surface area contributed by atoms with Crippen molar-refractivity contribution in [3.8, 4) is 0 Å². The molecule has 0 radical (unpaired) electrons. The number of aryl methyl sites for hydroxylation is 1. The predicted octanol–water partition coefficient (Wildman–Crippen LogP) is 3.37. The number of nitrogens with one attached hydrogen (secondary N) is 1. The Morgan fingerprint density at radius 3 is 3.00 bits per heavy atom. The second kappa shape index (κ2) is 5.49. The first-order chi connectivity index (χ1) is 9.64. The fourth-order valence-corrected chi connectivity index (χ4v) is 3.41. The molecule has 0 aliphatic heterocycles. The molecule has 1 unspecified atom stereocenters. The topological polar surface area (TPSA) is 38.3 Å². The first-order valence-corrected chi connectivity index (χ1v) is 8.13. The summed E-state index contributed by atoms with van der Waals surface area (Å²) < 4.78 is 6.33. The molecule has 0 bridgehead atoms.